The molecule has 0 fully saturated rings. The van der Waals surface area contributed by atoms with Crippen LogP contribution >= 0.6 is 0 Å². The fourth-order valence-corrected chi connectivity index (χ4v) is 15.0. The summed E-state index contributed by atoms with van der Waals surface area (Å²) in [6.07, 6.45) is 0. The van der Waals surface area contributed by atoms with Crippen LogP contribution in [0.1, 0.15) is 30.5 Å². The molecule has 1 aliphatic carbocycles. The molecule has 0 saturated heterocycles. The molecule has 0 spiro atoms. The Kier molecular flexibility index (Phi) is 9.06. The number of fused-ring (bicyclic) bond motifs is 21. The molecule has 1 aliphatic rings. The van der Waals surface area contributed by atoms with E-state index >= 15 is 0 Å². The van der Waals surface area contributed by atoms with Gasteiger partial charge in [0.2, 0.25) is 5.69 Å². The van der Waals surface area contributed by atoms with E-state index in [-0.39, 0.29) is 5.41 Å². The summed E-state index contributed by atoms with van der Waals surface area (Å²) in [5, 5.41) is 27.8. The van der Waals surface area contributed by atoms with Gasteiger partial charge in [0.1, 0.15) is 6.07 Å². The monoisotopic (exact) mass is 1050 g/mol. The van der Waals surface area contributed by atoms with Gasteiger partial charge in [0.25, 0.3) is 0 Å². The largest absolute Gasteiger partial charge is 0.317 e. The molecular weight excluding hydrogens is 1010 g/mol. The van der Waals surface area contributed by atoms with Crippen LogP contribution in [0.15, 0.2) is 243 Å². The summed E-state index contributed by atoms with van der Waals surface area (Å²) in [6, 6.07) is 90.3. The maximum absolute atomic E-state index is 13.0. The molecule has 0 radical (unpaired) electrons. The van der Waals surface area contributed by atoms with E-state index in [1.54, 1.807) is 0 Å². The first-order valence-corrected chi connectivity index (χ1v) is 28.4. The van der Waals surface area contributed by atoms with Crippen molar-refractivity contribution in [3.63, 3.8) is 0 Å². The second kappa shape index (κ2) is 16.5. The summed E-state index contributed by atoms with van der Waals surface area (Å²) in [6.45, 7) is 14.8. The van der Waals surface area contributed by atoms with Crippen LogP contribution in [0.4, 0.5) is 5.69 Å². The van der Waals surface area contributed by atoms with Crippen LogP contribution in [0, 0.1) is 17.9 Å². The van der Waals surface area contributed by atoms with Gasteiger partial charge in [-0.15, -0.1) is 0 Å². The first-order chi connectivity index (χ1) is 40.9. The van der Waals surface area contributed by atoms with Crippen LogP contribution < -0.4 is 0 Å². The Balaban J connectivity index is 1.19. The molecule has 0 N–H and O–H groups in total. The van der Waals surface area contributed by atoms with Crippen LogP contribution in [-0.2, 0) is 5.41 Å². The molecule has 0 saturated carbocycles. The van der Waals surface area contributed by atoms with Crippen LogP contribution in [0.25, 0.3) is 158 Å². The SMILES string of the molecule is [C-]#[N+]c1c(-n2c3ccccc3c3ccc4ccccc4c32)c(C#N)c(-n2c3ccccc3c3ccc4ccccc4c32)c(-n2c3ccccc3c3cc4c(cc32)C(C)(C)c2ccccc2-4)c1-n1c2ccccc2c2ccc3ccccc3c21. The summed E-state index contributed by atoms with van der Waals surface area (Å²) in [5.74, 6) is 0. The minimum Gasteiger partial charge on any atom is -0.317 e. The number of para-hydroxylation sites is 4. The number of hydrogen-bond acceptors (Lipinski definition) is 1. The van der Waals surface area contributed by atoms with Crippen molar-refractivity contribution in [3.05, 3.63) is 271 Å². The topological polar surface area (TPSA) is 47.9 Å². The quantitative estimate of drug-likeness (QED) is 0.162. The van der Waals surface area contributed by atoms with E-state index < -0.39 is 0 Å². The highest BCUT2D eigenvalue weighted by Crippen LogP contribution is 2.55. The van der Waals surface area contributed by atoms with Crippen LogP contribution in [-0.4, -0.2) is 18.3 Å². The Bertz CT molecular complexity index is 5690. The van der Waals surface area contributed by atoms with Crippen LogP contribution in [0.2, 0.25) is 0 Å². The van der Waals surface area contributed by atoms with Gasteiger partial charge in [0, 0.05) is 64.7 Å². The van der Waals surface area contributed by atoms with Gasteiger partial charge < -0.3 is 18.3 Å². The van der Waals surface area contributed by atoms with Gasteiger partial charge in [-0.25, -0.2) is 4.85 Å². The van der Waals surface area contributed by atoms with Gasteiger partial charge in [0.05, 0.1) is 79.0 Å². The van der Waals surface area contributed by atoms with Crippen LogP contribution in [0.3, 0.4) is 0 Å². The van der Waals surface area contributed by atoms with E-state index in [9.17, 15) is 11.8 Å². The second-order valence-electron chi connectivity index (χ2n) is 22.9. The summed E-state index contributed by atoms with van der Waals surface area (Å²) < 4.78 is 9.50. The van der Waals surface area contributed by atoms with Crippen molar-refractivity contribution in [2.24, 2.45) is 0 Å². The minimum atomic E-state index is -0.340. The zero-order chi connectivity index (χ0) is 55.0. The first-order valence-electron chi connectivity index (χ1n) is 28.4. The lowest BCUT2D eigenvalue weighted by Gasteiger charge is -2.28. The molecule has 18 rings (SSSR count). The maximum Gasteiger partial charge on any atom is 0.237 e. The molecule has 4 aromatic heterocycles. The van der Waals surface area contributed by atoms with Crippen molar-refractivity contribution in [2.75, 3.05) is 0 Å². The summed E-state index contributed by atoms with van der Waals surface area (Å²) >= 11 is 0. The Labute approximate surface area is 476 Å². The summed E-state index contributed by atoms with van der Waals surface area (Å²) in [5.41, 5.74) is 15.6. The molecule has 0 amide bonds. The normalized spacial score (nSPS) is 13.0. The van der Waals surface area contributed by atoms with Crippen LogP contribution in [0.5, 0.6) is 0 Å². The average molecular weight is 1060 g/mol. The van der Waals surface area contributed by atoms with Gasteiger partial charge in [-0.3, -0.25) is 0 Å². The van der Waals surface area contributed by atoms with Crippen molar-refractivity contribution in [1.29, 1.82) is 5.26 Å². The molecule has 83 heavy (non-hydrogen) atoms. The van der Waals surface area contributed by atoms with E-state index in [1.165, 1.54) is 22.3 Å². The molecule has 0 aliphatic heterocycles. The Morgan fingerprint density at radius 2 is 0.735 bits per heavy atom. The zero-order valence-electron chi connectivity index (χ0n) is 45.3. The van der Waals surface area contributed by atoms with Crippen molar-refractivity contribution in [2.45, 2.75) is 19.3 Å². The molecule has 0 bridgehead atoms. The molecule has 0 unspecified atom stereocenters. The predicted molar refractivity (Wildman–Crippen MR) is 345 cm³/mol. The number of aromatic nitrogens is 4. The number of benzene rings is 13. The smallest absolute Gasteiger partial charge is 0.237 e. The number of rotatable bonds is 4. The fraction of sp³-hybridized carbons (Fsp3) is 0.0390. The third-order valence-electron chi connectivity index (χ3n) is 18.5. The number of hydrogen-bond donors (Lipinski definition) is 0. The highest BCUT2D eigenvalue weighted by molar-refractivity contribution is 6.24. The van der Waals surface area contributed by atoms with Crippen molar-refractivity contribution >= 4 is 125 Å². The third-order valence-corrected chi connectivity index (χ3v) is 18.5. The summed E-state index contributed by atoms with van der Waals surface area (Å²) in [7, 11) is 0. The van der Waals surface area contributed by atoms with E-state index in [2.05, 4.69) is 281 Å². The van der Waals surface area contributed by atoms with Gasteiger partial charge >= 0.3 is 0 Å². The number of nitrogens with zero attached hydrogens (tertiary/aromatic N) is 6. The van der Waals surface area contributed by atoms with E-state index in [0.29, 0.717) is 28.3 Å². The zero-order valence-corrected chi connectivity index (χ0v) is 45.3. The average Bonchev–Trinajstić information content (AvgIpc) is 3.60. The highest BCUT2D eigenvalue weighted by atomic mass is 15.1. The summed E-state index contributed by atoms with van der Waals surface area (Å²) in [4.78, 5) is 4.95. The Morgan fingerprint density at radius 3 is 1.22 bits per heavy atom. The minimum absolute atomic E-state index is 0.340. The maximum atomic E-state index is 13.0. The Hall–Kier alpha value is -11.2. The van der Waals surface area contributed by atoms with Gasteiger partial charge in [0.15, 0.2) is 0 Å². The van der Waals surface area contributed by atoms with E-state index in [4.69, 9.17) is 4.85 Å². The van der Waals surface area contributed by atoms with Crippen molar-refractivity contribution < 1.29 is 0 Å². The van der Waals surface area contributed by atoms with Crippen molar-refractivity contribution in [1.82, 2.24) is 18.3 Å². The first kappa shape index (κ1) is 45.7. The molecule has 6 nitrogen and oxygen atoms in total. The standard InChI is InChI=1S/C77H46N6/c1-77(2)62-31-15-10-26-51(62)59-42-60-55-30-14-16-32-64(55)80(68(60)43-63(59)77)76-74(82-66-34-18-12-28-53(66)57-40-37-46-21-5-8-24-49(46)71(57)82)61(44-78)73(81-65-33-17-11-27-52(65)56-39-36-45-20-4-7-23-48(45)70(56)81)69(79-3)75(76)83-67-35-19-13-29-54(67)58-41-38-47-22-6-9-25-50(47)72(58)83/h4-43H,1-2H3. The fourth-order valence-electron chi connectivity index (χ4n) is 15.0. The van der Waals surface area contributed by atoms with Gasteiger partial charge in [-0.1, -0.05) is 220 Å². The Morgan fingerprint density at radius 1 is 0.337 bits per heavy atom. The lowest BCUT2D eigenvalue weighted by molar-refractivity contribution is 0.661. The molecule has 0 atom stereocenters. The second-order valence-corrected chi connectivity index (χ2v) is 22.9. The number of nitriles is 1. The van der Waals surface area contributed by atoms with E-state index in [0.717, 1.165) is 125 Å². The molecule has 384 valence electrons. The lowest BCUT2D eigenvalue weighted by Crippen LogP contribution is -2.16. The molecule has 17 aromatic rings. The van der Waals surface area contributed by atoms with Crippen molar-refractivity contribution in [3.8, 4) is 39.9 Å². The lowest BCUT2D eigenvalue weighted by atomic mass is 9.82. The molecule has 4 heterocycles. The highest BCUT2D eigenvalue weighted by Gasteiger charge is 2.39. The molecule has 6 heteroatoms. The van der Waals surface area contributed by atoms with Gasteiger partial charge in [-0.2, -0.15) is 5.26 Å². The van der Waals surface area contributed by atoms with Gasteiger partial charge in [-0.05, 0) is 74.8 Å². The predicted octanol–water partition coefficient (Wildman–Crippen LogP) is 20.3. The third kappa shape index (κ3) is 5.83. The molecule has 13 aromatic carbocycles. The van der Waals surface area contributed by atoms with E-state index in [1.807, 2.05) is 0 Å². The molecular formula is C77H46N6.